The van der Waals surface area contributed by atoms with Crippen LogP contribution in [0.15, 0.2) is 41.2 Å². The Bertz CT molecular complexity index is 1400. The molecule has 12 heteroatoms. The Morgan fingerprint density at radius 1 is 1.17 bits per heavy atom. The molecule has 0 amide bonds. The Balaban J connectivity index is 1.69. The first kappa shape index (κ1) is 19.2. The molecule has 0 aliphatic carbocycles. The van der Waals surface area contributed by atoms with E-state index in [4.69, 9.17) is 33.0 Å². The summed E-state index contributed by atoms with van der Waals surface area (Å²) in [5.74, 6) is 0.337. The molecule has 0 unspecified atom stereocenters. The Hall–Kier alpha value is -3.13. The number of anilines is 1. The lowest BCUT2D eigenvalue weighted by atomic mass is 10.2. The minimum atomic E-state index is -3.42. The van der Waals surface area contributed by atoms with Crippen LogP contribution < -0.4 is 4.72 Å². The van der Waals surface area contributed by atoms with Crippen LogP contribution in [0.25, 0.3) is 28.6 Å². The number of sulfonamides is 1. The van der Waals surface area contributed by atoms with Crippen molar-refractivity contribution >= 4 is 44.6 Å². The van der Waals surface area contributed by atoms with Crippen LogP contribution in [0.5, 0.6) is 0 Å². The van der Waals surface area contributed by atoms with Crippen LogP contribution >= 0.6 is 23.2 Å². The van der Waals surface area contributed by atoms with E-state index in [1.165, 1.54) is 18.2 Å². The average molecular weight is 449 g/mol. The van der Waals surface area contributed by atoms with Crippen molar-refractivity contribution in [1.82, 2.24) is 19.5 Å². The van der Waals surface area contributed by atoms with Crippen molar-refractivity contribution in [3.05, 3.63) is 52.3 Å². The molecule has 1 N–H and O–H groups in total. The SMILES string of the molecule is CS(=O)(=O)Nc1ccc(-c2noc(-c3cn4cc(C#N)cc(Cl)c4n3)n2)c(Cl)c1. The number of benzene rings is 1. The molecule has 1 aromatic carbocycles. The summed E-state index contributed by atoms with van der Waals surface area (Å²) in [5.41, 5.74) is 1.96. The van der Waals surface area contributed by atoms with Gasteiger partial charge in [0, 0.05) is 23.6 Å². The lowest BCUT2D eigenvalue weighted by Crippen LogP contribution is -2.09. The van der Waals surface area contributed by atoms with Crippen LogP contribution in [0.4, 0.5) is 5.69 Å². The molecule has 4 aromatic rings. The maximum Gasteiger partial charge on any atom is 0.278 e. The molecule has 4 rings (SSSR count). The van der Waals surface area contributed by atoms with E-state index in [1.807, 2.05) is 6.07 Å². The number of aromatic nitrogens is 4. The summed E-state index contributed by atoms with van der Waals surface area (Å²) in [6.45, 7) is 0. The minimum Gasteiger partial charge on any atom is -0.332 e. The first-order valence-electron chi connectivity index (χ1n) is 7.93. The molecule has 0 atom stereocenters. The number of nitrogens with one attached hydrogen (secondary N) is 1. The number of pyridine rings is 1. The molecule has 146 valence electrons. The highest BCUT2D eigenvalue weighted by Gasteiger charge is 2.17. The third-order valence-electron chi connectivity index (χ3n) is 3.79. The van der Waals surface area contributed by atoms with E-state index in [0.717, 1.165) is 6.26 Å². The van der Waals surface area contributed by atoms with Gasteiger partial charge in [-0.3, -0.25) is 4.72 Å². The second kappa shape index (κ2) is 7.04. The fourth-order valence-corrected chi connectivity index (χ4v) is 3.71. The Morgan fingerprint density at radius 3 is 2.66 bits per heavy atom. The van der Waals surface area contributed by atoms with Crippen molar-refractivity contribution in [2.45, 2.75) is 0 Å². The van der Waals surface area contributed by atoms with Crippen molar-refractivity contribution < 1.29 is 12.9 Å². The van der Waals surface area contributed by atoms with Gasteiger partial charge in [0.1, 0.15) is 11.8 Å². The van der Waals surface area contributed by atoms with Crippen molar-refractivity contribution in [3.63, 3.8) is 0 Å². The highest BCUT2D eigenvalue weighted by molar-refractivity contribution is 7.92. The second-order valence-electron chi connectivity index (χ2n) is 6.04. The van der Waals surface area contributed by atoms with E-state index in [-0.39, 0.29) is 16.7 Å². The summed E-state index contributed by atoms with van der Waals surface area (Å²) >= 11 is 12.4. The van der Waals surface area contributed by atoms with Gasteiger partial charge in [-0.1, -0.05) is 28.4 Å². The monoisotopic (exact) mass is 448 g/mol. The third kappa shape index (κ3) is 3.88. The van der Waals surface area contributed by atoms with Crippen molar-refractivity contribution in [2.75, 3.05) is 11.0 Å². The highest BCUT2D eigenvalue weighted by atomic mass is 35.5. The topological polar surface area (TPSA) is 126 Å². The number of hydrogen-bond donors (Lipinski definition) is 1. The van der Waals surface area contributed by atoms with E-state index in [1.54, 1.807) is 22.9 Å². The van der Waals surface area contributed by atoms with Gasteiger partial charge >= 0.3 is 0 Å². The van der Waals surface area contributed by atoms with Crippen molar-refractivity contribution in [3.8, 4) is 29.0 Å². The van der Waals surface area contributed by atoms with Gasteiger partial charge in [-0.05, 0) is 24.3 Å². The molecule has 0 saturated heterocycles. The molecule has 29 heavy (non-hydrogen) atoms. The van der Waals surface area contributed by atoms with Gasteiger partial charge in [0.05, 0.1) is 21.9 Å². The first-order chi connectivity index (χ1) is 13.7. The molecule has 0 fully saturated rings. The zero-order valence-corrected chi connectivity index (χ0v) is 16.9. The molecule has 3 aromatic heterocycles. The summed E-state index contributed by atoms with van der Waals surface area (Å²) in [4.78, 5) is 8.66. The van der Waals surface area contributed by atoms with Crippen LogP contribution in [0.1, 0.15) is 5.56 Å². The number of imidazole rings is 1. The Morgan fingerprint density at radius 2 is 1.97 bits per heavy atom. The highest BCUT2D eigenvalue weighted by Crippen LogP contribution is 2.31. The van der Waals surface area contributed by atoms with E-state index in [2.05, 4.69) is 19.8 Å². The van der Waals surface area contributed by atoms with Gasteiger partial charge in [0.25, 0.3) is 5.89 Å². The first-order valence-corrected chi connectivity index (χ1v) is 10.6. The molecule has 0 aliphatic heterocycles. The lowest BCUT2D eigenvalue weighted by molar-refractivity contribution is 0.431. The predicted molar refractivity (Wildman–Crippen MR) is 107 cm³/mol. The van der Waals surface area contributed by atoms with Crippen molar-refractivity contribution in [2.24, 2.45) is 0 Å². The summed E-state index contributed by atoms with van der Waals surface area (Å²) in [5, 5.41) is 13.5. The third-order valence-corrected chi connectivity index (χ3v) is 4.99. The van der Waals surface area contributed by atoms with E-state index < -0.39 is 10.0 Å². The number of fused-ring (bicyclic) bond motifs is 1. The Labute approximate surface area is 174 Å². The maximum absolute atomic E-state index is 11.3. The number of nitriles is 1. The zero-order chi connectivity index (χ0) is 20.8. The normalized spacial score (nSPS) is 11.5. The molecule has 0 saturated carbocycles. The van der Waals surface area contributed by atoms with Crippen molar-refractivity contribution in [1.29, 1.82) is 5.26 Å². The molecular weight excluding hydrogens is 439 g/mol. The largest absolute Gasteiger partial charge is 0.332 e. The quantitative estimate of drug-likeness (QED) is 0.504. The van der Waals surface area contributed by atoms with Gasteiger partial charge in [-0.2, -0.15) is 10.2 Å². The predicted octanol–water partition coefficient (Wildman–Crippen LogP) is 3.60. The van der Waals surface area contributed by atoms with Gasteiger partial charge < -0.3 is 8.92 Å². The molecule has 3 heterocycles. The molecule has 0 radical (unpaired) electrons. The maximum atomic E-state index is 11.3. The number of nitrogens with zero attached hydrogens (tertiary/aromatic N) is 5. The average Bonchev–Trinajstić information content (AvgIpc) is 3.27. The molecule has 0 aliphatic rings. The Kier molecular flexibility index (Phi) is 4.66. The number of rotatable bonds is 4. The van der Waals surface area contributed by atoms with Crippen LogP contribution in [-0.2, 0) is 10.0 Å². The summed E-state index contributed by atoms with van der Waals surface area (Å²) in [7, 11) is -3.42. The van der Waals surface area contributed by atoms with Gasteiger partial charge in [0.2, 0.25) is 15.8 Å². The zero-order valence-electron chi connectivity index (χ0n) is 14.6. The molecule has 0 spiro atoms. The number of hydrogen-bond acceptors (Lipinski definition) is 7. The summed E-state index contributed by atoms with van der Waals surface area (Å²) < 4.78 is 31.9. The fourth-order valence-electron chi connectivity index (χ4n) is 2.63. The minimum absolute atomic E-state index is 0.132. The standard InChI is InChI=1S/C17H10Cl2N6O3S/c1-29(26,27)24-10-2-3-11(12(18)5-10)15-22-17(28-23-15)14-8-25-7-9(6-20)4-13(19)16(25)21-14/h2-5,7-8,24H,1H3. The second-order valence-corrected chi connectivity index (χ2v) is 8.60. The summed E-state index contributed by atoms with van der Waals surface area (Å²) in [6, 6.07) is 8.08. The fraction of sp³-hybridized carbons (Fsp3) is 0.0588. The molecular formula is C17H10Cl2N6O3S. The van der Waals surface area contributed by atoms with E-state index in [0.29, 0.717) is 33.2 Å². The van der Waals surface area contributed by atoms with Crippen LogP contribution in [0.2, 0.25) is 10.0 Å². The molecule has 9 nitrogen and oxygen atoms in total. The number of halogens is 2. The molecule has 0 bridgehead atoms. The van der Waals surface area contributed by atoms with Crippen LogP contribution in [0.3, 0.4) is 0 Å². The van der Waals surface area contributed by atoms with Gasteiger partial charge in [0.15, 0.2) is 5.65 Å². The lowest BCUT2D eigenvalue weighted by Gasteiger charge is -2.05. The summed E-state index contributed by atoms with van der Waals surface area (Å²) in [6.07, 6.45) is 4.24. The van der Waals surface area contributed by atoms with Gasteiger partial charge in [-0.25, -0.2) is 13.4 Å². The van der Waals surface area contributed by atoms with E-state index >= 15 is 0 Å². The smallest absolute Gasteiger partial charge is 0.278 e. The van der Waals surface area contributed by atoms with Crippen LogP contribution in [0, 0.1) is 11.3 Å². The van der Waals surface area contributed by atoms with E-state index in [9.17, 15) is 8.42 Å². The van der Waals surface area contributed by atoms with Crippen LogP contribution in [-0.4, -0.2) is 34.2 Å². The van der Waals surface area contributed by atoms with Gasteiger partial charge in [-0.15, -0.1) is 0 Å².